The summed E-state index contributed by atoms with van der Waals surface area (Å²) in [5.74, 6) is -1.41. The lowest BCUT2D eigenvalue weighted by Crippen LogP contribution is -2.48. The molecule has 5 nitrogen and oxygen atoms in total. The minimum atomic E-state index is -4.43. The molecule has 3 rings (SSSR count). The molecule has 0 aliphatic heterocycles. The molecule has 0 atom stereocenters. The van der Waals surface area contributed by atoms with Crippen LogP contribution >= 0.6 is 27.3 Å². The Labute approximate surface area is 218 Å². The topological polar surface area (TPSA) is 79.3 Å². The van der Waals surface area contributed by atoms with Crippen molar-refractivity contribution < 1.29 is 32.6 Å². The highest BCUT2D eigenvalue weighted by molar-refractivity contribution is 9.10. The molecular formula is C26H22BrF3NO4S-. The van der Waals surface area contributed by atoms with E-state index in [4.69, 9.17) is 4.74 Å². The van der Waals surface area contributed by atoms with Crippen LogP contribution in [0.25, 0.3) is 16.6 Å². The number of carbonyl (C=O) groups is 2. The number of rotatable bonds is 8. The van der Waals surface area contributed by atoms with Crippen molar-refractivity contribution in [2.75, 3.05) is 0 Å². The van der Waals surface area contributed by atoms with Gasteiger partial charge in [0.2, 0.25) is 0 Å². The van der Waals surface area contributed by atoms with Crippen LogP contribution in [0.4, 0.5) is 13.2 Å². The average molecular weight is 581 g/mol. The van der Waals surface area contributed by atoms with Gasteiger partial charge in [0, 0.05) is 5.56 Å². The Morgan fingerprint density at radius 2 is 1.75 bits per heavy atom. The Morgan fingerprint density at radius 1 is 1.11 bits per heavy atom. The number of allylic oxidation sites excluding steroid dienone is 1. The molecule has 0 saturated heterocycles. The molecule has 0 unspecified atom stereocenters. The van der Waals surface area contributed by atoms with Crippen LogP contribution in [0.2, 0.25) is 0 Å². The molecule has 10 heteroatoms. The van der Waals surface area contributed by atoms with E-state index in [0.717, 1.165) is 23.5 Å². The number of thiazole rings is 1. The lowest BCUT2D eigenvalue weighted by Gasteiger charge is -2.27. The number of carboxylic acid groups (broad SMARTS) is 1. The molecular weight excluding hydrogens is 559 g/mol. The van der Waals surface area contributed by atoms with Crippen molar-refractivity contribution in [2.45, 2.75) is 45.4 Å². The molecule has 0 N–H and O–H groups in total. The van der Waals surface area contributed by atoms with E-state index in [-0.39, 0.29) is 11.7 Å². The third-order valence-electron chi connectivity index (χ3n) is 5.12. The molecule has 0 spiro atoms. The van der Waals surface area contributed by atoms with E-state index in [1.165, 1.54) is 32.1 Å². The van der Waals surface area contributed by atoms with Crippen LogP contribution in [0, 0.1) is 0 Å². The van der Waals surface area contributed by atoms with Gasteiger partial charge in [-0.15, -0.1) is 11.3 Å². The first-order valence-electron chi connectivity index (χ1n) is 10.8. The number of ketones is 1. The van der Waals surface area contributed by atoms with Crippen LogP contribution in [0.1, 0.15) is 60.1 Å². The van der Waals surface area contributed by atoms with Gasteiger partial charge in [-0.2, -0.15) is 13.2 Å². The molecule has 0 fully saturated rings. The number of benzene rings is 2. The van der Waals surface area contributed by atoms with Gasteiger partial charge in [-0.05, 0) is 71.6 Å². The maximum atomic E-state index is 13.0. The molecule has 190 valence electrons. The minimum Gasteiger partial charge on any atom is -0.546 e. The fourth-order valence-electron chi connectivity index (χ4n) is 3.09. The summed E-state index contributed by atoms with van der Waals surface area (Å²) in [6.07, 6.45) is -1.44. The van der Waals surface area contributed by atoms with Gasteiger partial charge < -0.3 is 14.6 Å². The highest BCUT2D eigenvalue weighted by atomic mass is 79.9. The fourth-order valence-corrected chi connectivity index (χ4v) is 4.72. The van der Waals surface area contributed by atoms with Crippen molar-refractivity contribution in [3.63, 3.8) is 0 Å². The second-order valence-electron chi connectivity index (χ2n) is 8.75. The van der Waals surface area contributed by atoms with Crippen LogP contribution in [0.5, 0.6) is 5.75 Å². The van der Waals surface area contributed by atoms with Crippen molar-refractivity contribution in [1.82, 2.24) is 4.98 Å². The Kier molecular flexibility index (Phi) is 8.10. The Hall–Kier alpha value is -2.98. The minimum absolute atomic E-state index is 0.0746. The molecule has 2 aromatic carbocycles. The second kappa shape index (κ2) is 10.6. The number of hydrogen-bond donors (Lipinski definition) is 0. The molecule has 1 heterocycles. The summed E-state index contributed by atoms with van der Waals surface area (Å²) in [7, 11) is 0. The maximum absolute atomic E-state index is 13.0. The number of hydrogen-bond acceptors (Lipinski definition) is 6. The zero-order valence-electron chi connectivity index (χ0n) is 19.8. The van der Waals surface area contributed by atoms with Gasteiger partial charge in [0.15, 0.2) is 5.78 Å². The summed E-state index contributed by atoms with van der Waals surface area (Å²) < 4.78 is 44.6. The van der Waals surface area contributed by atoms with E-state index in [2.05, 4.69) is 20.9 Å². The molecule has 0 aliphatic carbocycles. The van der Waals surface area contributed by atoms with Gasteiger partial charge in [0.1, 0.15) is 16.4 Å². The monoisotopic (exact) mass is 580 g/mol. The third-order valence-corrected chi connectivity index (χ3v) is 6.88. The third kappa shape index (κ3) is 6.41. The van der Waals surface area contributed by atoms with E-state index < -0.39 is 23.3 Å². The highest BCUT2D eigenvalue weighted by Crippen LogP contribution is 2.35. The van der Waals surface area contributed by atoms with E-state index >= 15 is 0 Å². The zero-order chi connectivity index (χ0) is 26.8. The fraction of sp³-hybridized carbons (Fsp3) is 0.269. The van der Waals surface area contributed by atoms with Crippen LogP contribution < -0.4 is 9.84 Å². The number of halogens is 4. The van der Waals surface area contributed by atoms with Crippen LogP contribution in [-0.4, -0.2) is 22.3 Å². The number of aromatic nitrogens is 1. The van der Waals surface area contributed by atoms with Crippen LogP contribution in [0.3, 0.4) is 0 Å². The van der Waals surface area contributed by atoms with E-state index in [0.29, 0.717) is 36.9 Å². The molecule has 36 heavy (non-hydrogen) atoms. The molecule has 0 amide bonds. The summed E-state index contributed by atoms with van der Waals surface area (Å²) >= 11 is 4.47. The summed E-state index contributed by atoms with van der Waals surface area (Å²) in [6, 6.07) is 9.59. The Morgan fingerprint density at radius 3 is 2.28 bits per heavy atom. The van der Waals surface area contributed by atoms with Gasteiger partial charge in [-0.1, -0.05) is 38.1 Å². The van der Waals surface area contributed by atoms with Crippen molar-refractivity contribution in [2.24, 2.45) is 0 Å². The van der Waals surface area contributed by atoms with Gasteiger partial charge in [0.25, 0.3) is 0 Å². The number of alkyl halides is 3. The van der Waals surface area contributed by atoms with Crippen molar-refractivity contribution in [1.29, 1.82) is 0 Å². The molecule has 1 aromatic heterocycles. The number of carbonyl (C=O) groups excluding carboxylic acids is 2. The molecule has 0 saturated carbocycles. The van der Waals surface area contributed by atoms with E-state index in [1.807, 2.05) is 13.8 Å². The maximum Gasteiger partial charge on any atom is 0.416 e. The normalized spacial score (nSPS) is 12.4. The first-order valence-corrected chi connectivity index (χ1v) is 12.4. The van der Waals surface area contributed by atoms with Gasteiger partial charge in [-0.25, -0.2) is 4.98 Å². The predicted octanol–water partition coefficient (Wildman–Crippen LogP) is 6.52. The largest absolute Gasteiger partial charge is 0.546 e. The number of aliphatic carboxylic acids is 1. The lowest BCUT2D eigenvalue weighted by atomic mass is 10.1. The summed E-state index contributed by atoms with van der Waals surface area (Å²) in [4.78, 5) is 29.1. The van der Waals surface area contributed by atoms with Crippen molar-refractivity contribution in [3.05, 3.63) is 74.7 Å². The Balaban J connectivity index is 1.84. The van der Waals surface area contributed by atoms with Crippen LogP contribution in [0.15, 0.2) is 53.0 Å². The smallest absolute Gasteiger partial charge is 0.416 e. The zero-order valence-corrected chi connectivity index (χ0v) is 22.2. The first-order chi connectivity index (χ1) is 16.7. The molecule has 3 aromatic rings. The van der Waals surface area contributed by atoms with Crippen molar-refractivity contribution >= 4 is 45.1 Å². The quantitative estimate of drug-likeness (QED) is 0.224. The molecule has 0 bridgehead atoms. The summed E-state index contributed by atoms with van der Waals surface area (Å²) in [6.45, 7) is 6.52. The number of nitrogens with zero attached hydrogens (tertiary/aromatic N) is 1. The summed E-state index contributed by atoms with van der Waals surface area (Å²) in [5, 5.41) is 11.7. The first kappa shape index (κ1) is 27.6. The predicted molar refractivity (Wildman–Crippen MR) is 134 cm³/mol. The highest BCUT2D eigenvalue weighted by Gasteiger charge is 2.30. The number of ether oxygens (including phenoxy) is 1. The SMILES string of the molecule is CC(C)c1nc(-c2ccc(C(F)(F)F)cc2)sc1C(=O)C=Cc1ccc(OC(C)(C)C(=O)[O-])c(Br)c1. The van der Waals surface area contributed by atoms with E-state index in [9.17, 15) is 27.9 Å². The van der Waals surface area contributed by atoms with E-state index in [1.54, 1.807) is 24.3 Å². The lowest BCUT2D eigenvalue weighted by molar-refractivity contribution is -0.320. The number of carboxylic acids is 1. The van der Waals surface area contributed by atoms with Crippen molar-refractivity contribution in [3.8, 4) is 16.3 Å². The van der Waals surface area contributed by atoms with Crippen LogP contribution in [-0.2, 0) is 11.0 Å². The van der Waals surface area contributed by atoms with Gasteiger partial charge in [-0.3, -0.25) is 4.79 Å². The van der Waals surface area contributed by atoms with Gasteiger partial charge >= 0.3 is 6.18 Å². The summed E-state index contributed by atoms with van der Waals surface area (Å²) in [5.41, 5.74) is -0.555. The standard InChI is InChI=1S/C26H23BrF3NO4S/c1-14(2)21-22(36-23(31-21)16-7-9-17(10-8-16)26(28,29)30)19(32)11-5-15-6-12-20(18(27)13-15)35-25(3,4)24(33)34/h5-14H,1-4H3,(H,33,34)/p-1. The second-order valence-corrected chi connectivity index (χ2v) is 10.6. The molecule has 0 aliphatic rings. The Bertz CT molecular complexity index is 1310. The van der Waals surface area contributed by atoms with Gasteiger partial charge in [0.05, 0.1) is 26.6 Å². The average Bonchev–Trinajstić information content (AvgIpc) is 3.24. The molecule has 0 radical (unpaired) electrons.